The van der Waals surface area contributed by atoms with Gasteiger partial charge in [0.05, 0.1) is 11.1 Å². The second kappa shape index (κ2) is 7.81. The van der Waals surface area contributed by atoms with E-state index in [4.69, 9.17) is 10.2 Å². The van der Waals surface area contributed by atoms with E-state index in [1.54, 1.807) is 24.3 Å². The highest BCUT2D eigenvalue weighted by Gasteiger charge is 1.98. The normalized spacial score (nSPS) is 9.30. The summed E-state index contributed by atoms with van der Waals surface area (Å²) < 4.78 is 1.57. The standard InChI is InChI=1S/2C7H5BrO2/c2*8-6-1-2-7(10)5(3-6)4-9/h2*1-4,10H. The van der Waals surface area contributed by atoms with Crippen molar-refractivity contribution in [2.45, 2.75) is 0 Å². The topological polar surface area (TPSA) is 74.6 Å². The third-order valence-electron chi connectivity index (χ3n) is 2.23. The highest BCUT2D eigenvalue weighted by molar-refractivity contribution is 9.10. The van der Waals surface area contributed by atoms with Gasteiger partial charge in [0.1, 0.15) is 11.5 Å². The molecule has 0 radical (unpaired) electrons. The van der Waals surface area contributed by atoms with Crippen LogP contribution in [0.15, 0.2) is 45.3 Å². The van der Waals surface area contributed by atoms with Gasteiger partial charge < -0.3 is 10.2 Å². The average molecular weight is 402 g/mol. The first kappa shape index (κ1) is 16.4. The van der Waals surface area contributed by atoms with Crippen LogP contribution in [0.2, 0.25) is 0 Å². The Labute approximate surface area is 132 Å². The number of rotatable bonds is 2. The first-order valence-electron chi connectivity index (χ1n) is 5.35. The molecule has 0 saturated heterocycles. The molecule has 0 aliphatic heterocycles. The van der Waals surface area contributed by atoms with Crippen LogP contribution in [-0.2, 0) is 0 Å². The Balaban J connectivity index is 0.000000200. The predicted octanol–water partition coefficient (Wildman–Crippen LogP) is 3.93. The van der Waals surface area contributed by atoms with E-state index in [9.17, 15) is 9.59 Å². The van der Waals surface area contributed by atoms with E-state index in [1.165, 1.54) is 12.1 Å². The summed E-state index contributed by atoms with van der Waals surface area (Å²) in [5.41, 5.74) is 0.601. The van der Waals surface area contributed by atoms with Gasteiger partial charge in [-0.2, -0.15) is 0 Å². The summed E-state index contributed by atoms with van der Waals surface area (Å²) in [5, 5.41) is 18.0. The van der Waals surface area contributed by atoms with Crippen molar-refractivity contribution in [2.75, 3.05) is 0 Å². The number of halogens is 2. The molecule has 0 unspecified atom stereocenters. The third kappa shape index (κ3) is 4.79. The predicted molar refractivity (Wildman–Crippen MR) is 82.4 cm³/mol. The van der Waals surface area contributed by atoms with E-state index < -0.39 is 0 Å². The summed E-state index contributed by atoms with van der Waals surface area (Å²) in [6, 6.07) is 9.39. The van der Waals surface area contributed by atoms with Crippen LogP contribution in [0, 0.1) is 0 Å². The Morgan fingerprint density at radius 1 is 0.750 bits per heavy atom. The molecule has 2 N–H and O–H groups in total. The van der Waals surface area contributed by atoms with E-state index >= 15 is 0 Å². The molecule has 0 heterocycles. The fourth-order valence-electron chi connectivity index (χ4n) is 1.24. The highest BCUT2D eigenvalue weighted by atomic mass is 79.9. The molecular formula is C14H10Br2O4. The minimum atomic E-state index is 0.0122. The van der Waals surface area contributed by atoms with Crippen LogP contribution in [0.3, 0.4) is 0 Å². The minimum Gasteiger partial charge on any atom is -0.507 e. The number of carbonyl (C=O) groups is 2. The molecule has 0 fully saturated rings. The molecule has 0 aliphatic carbocycles. The smallest absolute Gasteiger partial charge is 0.153 e. The lowest BCUT2D eigenvalue weighted by molar-refractivity contribution is 0.111. The quantitative estimate of drug-likeness (QED) is 0.747. The van der Waals surface area contributed by atoms with Gasteiger partial charge in [-0.3, -0.25) is 9.59 Å². The van der Waals surface area contributed by atoms with Crippen molar-refractivity contribution in [3.8, 4) is 11.5 Å². The van der Waals surface area contributed by atoms with Gasteiger partial charge in [0.2, 0.25) is 0 Å². The van der Waals surface area contributed by atoms with Gasteiger partial charge in [-0.05, 0) is 36.4 Å². The van der Waals surface area contributed by atoms with Crippen LogP contribution in [-0.4, -0.2) is 22.8 Å². The Morgan fingerprint density at radius 3 is 1.35 bits per heavy atom. The van der Waals surface area contributed by atoms with E-state index in [2.05, 4.69) is 31.9 Å². The van der Waals surface area contributed by atoms with Crippen molar-refractivity contribution < 1.29 is 19.8 Å². The summed E-state index contributed by atoms with van der Waals surface area (Å²) in [7, 11) is 0. The van der Waals surface area contributed by atoms with Crippen molar-refractivity contribution in [1.29, 1.82) is 0 Å². The molecule has 0 amide bonds. The summed E-state index contributed by atoms with van der Waals surface area (Å²) in [5.74, 6) is 0.0244. The zero-order valence-corrected chi connectivity index (χ0v) is 13.3. The highest BCUT2D eigenvalue weighted by Crippen LogP contribution is 2.20. The van der Waals surface area contributed by atoms with E-state index in [-0.39, 0.29) is 11.5 Å². The lowest BCUT2D eigenvalue weighted by Crippen LogP contribution is -1.79. The molecule has 0 spiro atoms. The molecule has 20 heavy (non-hydrogen) atoms. The number of carbonyl (C=O) groups excluding carboxylic acids is 2. The second-order valence-electron chi connectivity index (χ2n) is 3.64. The van der Waals surface area contributed by atoms with Crippen molar-refractivity contribution in [3.63, 3.8) is 0 Å². The lowest BCUT2D eigenvalue weighted by Gasteiger charge is -1.95. The third-order valence-corrected chi connectivity index (χ3v) is 3.22. The van der Waals surface area contributed by atoms with E-state index in [0.29, 0.717) is 23.7 Å². The molecule has 2 rings (SSSR count). The largest absolute Gasteiger partial charge is 0.507 e. The molecule has 0 bridgehead atoms. The maximum absolute atomic E-state index is 10.2. The van der Waals surface area contributed by atoms with Gasteiger partial charge in [-0.1, -0.05) is 31.9 Å². The van der Waals surface area contributed by atoms with Gasteiger partial charge in [-0.15, -0.1) is 0 Å². The van der Waals surface area contributed by atoms with E-state index in [1.807, 2.05) is 0 Å². The number of benzene rings is 2. The number of hydrogen-bond donors (Lipinski definition) is 2. The van der Waals surface area contributed by atoms with E-state index in [0.717, 1.165) is 8.95 Å². The maximum atomic E-state index is 10.2. The van der Waals surface area contributed by atoms with Crippen LogP contribution >= 0.6 is 31.9 Å². The van der Waals surface area contributed by atoms with Crippen molar-refractivity contribution >= 4 is 44.4 Å². The first-order valence-corrected chi connectivity index (χ1v) is 6.94. The summed E-state index contributed by atoms with van der Waals surface area (Å²) >= 11 is 6.33. The van der Waals surface area contributed by atoms with Crippen LogP contribution in [0.5, 0.6) is 11.5 Å². The average Bonchev–Trinajstić information content (AvgIpc) is 2.44. The van der Waals surface area contributed by atoms with Gasteiger partial charge >= 0.3 is 0 Å². The summed E-state index contributed by atoms with van der Waals surface area (Å²) in [6.07, 6.45) is 1.22. The SMILES string of the molecule is O=Cc1cc(Br)ccc1O.O=Cc1cc(Br)ccc1O. The number of aldehydes is 2. The summed E-state index contributed by atoms with van der Waals surface area (Å²) in [4.78, 5) is 20.4. The van der Waals surface area contributed by atoms with Gasteiger partial charge in [0.25, 0.3) is 0 Å². The number of aromatic hydroxyl groups is 2. The zero-order chi connectivity index (χ0) is 15.1. The molecule has 104 valence electrons. The van der Waals surface area contributed by atoms with Gasteiger partial charge in [0.15, 0.2) is 12.6 Å². The van der Waals surface area contributed by atoms with Crippen LogP contribution in [0.4, 0.5) is 0 Å². The molecule has 6 heteroatoms. The minimum absolute atomic E-state index is 0.0122. The summed E-state index contributed by atoms with van der Waals surface area (Å²) in [6.45, 7) is 0. The van der Waals surface area contributed by atoms with Crippen LogP contribution in [0.25, 0.3) is 0 Å². The zero-order valence-electron chi connectivity index (χ0n) is 10.1. The molecule has 4 nitrogen and oxygen atoms in total. The molecule has 0 atom stereocenters. The number of phenolic OH excluding ortho intramolecular Hbond substituents is 2. The monoisotopic (exact) mass is 400 g/mol. The number of hydrogen-bond acceptors (Lipinski definition) is 4. The van der Waals surface area contributed by atoms with Crippen molar-refractivity contribution in [3.05, 3.63) is 56.5 Å². The van der Waals surface area contributed by atoms with Gasteiger partial charge in [-0.25, -0.2) is 0 Å². The molecule has 2 aromatic carbocycles. The molecule has 2 aromatic rings. The number of phenols is 2. The maximum Gasteiger partial charge on any atom is 0.153 e. The molecule has 0 saturated carbocycles. The van der Waals surface area contributed by atoms with Gasteiger partial charge in [0, 0.05) is 8.95 Å². The van der Waals surface area contributed by atoms with Crippen molar-refractivity contribution in [2.24, 2.45) is 0 Å². The molecular weight excluding hydrogens is 392 g/mol. The Morgan fingerprint density at radius 2 is 1.10 bits per heavy atom. The Hall–Kier alpha value is -1.66. The van der Waals surface area contributed by atoms with Crippen LogP contribution < -0.4 is 0 Å². The Bertz CT molecular complexity index is 571. The Kier molecular flexibility index (Phi) is 6.41. The first-order chi connectivity index (χ1) is 9.47. The fourth-order valence-corrected chi connectivity index (χ4v) is 2.00. The fraction of sp³-hybridized carbons (Fsp3) is 0. The van der Waals surface area contributed by atoms with Crippen molar-refractivity contribution in [1.82, 2.24) is 0 Å². The lowest BCUT2D eigenvalue weighted by atomic mass is 10.2. The molecule has 0 aliphatic rings. The van der Waals surface area contributed by atoms with Crippen LogP contribution in [0.1, 0.15) is 20.7 Å². The molecule has 0 aromatic heterocycles. The second-order valence-corrected chi connectivity index (χ2v) is 5.47.